The minimum Gasteiger partial charge on any atom is -0.463 e. The molecule has 1 aromatic heterocycles. The maximum atomic E-state index is 12.4. The summed E-state index contributed by atoms with van der Waals surface area (Å²) >= 11 is 0. The maximum absolute atomic E-state index is 12.4. The fourth-order valence-electron chi connectivity index (χ4n) is 2.27. The largest absolute Gasteiger partial charge is 0.463 e. The summed E-state index contributed by atoms with van der Waals surface area (Å²) in [6.07, 6.45) is 1.14. The predicted octanol–water partition coefficient (Wildman–Crippen LogP) is 1.32. The highest BCUT2D eigenvalue weighted by Crippen LogP contribution is 2.24. The van der Waals surface area contributed by atoms with Crippen molar-refractivity contribution >= 4 is 35.9 Å². The number of rotatable bonds is 6. The molecule has 10 heteroatoms. The number of hydrazine groups is 1. The molecule has 2 amide bonds. The number of furan rings is 1. The highest BCUT2D eigenvalue weighted by Gasteiger charge is 2.34. The highest BCUT2D eigenvalue weighted by molar-refractivity contribution is 6.31. The van der Waals surface area contributed by atoms with E-state index in [1.54, 1.807) is 24.3 Å². The first-order valence-corrected chi connectivity index (χ1v) is 7.25. The Morgan fingerprint density at radius 2 is 1.92 bits per heavy atom. The van der Waals surface area contributed by atoms with E-state index in [4.69, 9.17) is 4.42 Å². The van der Waals surface area contributed by atoms with Gasteiger partial charge in [-0.2, -0.15) is 0 Å². The van der Waals surface area contributed by atoms with E-state index in [0.717, 1.165) is 17.2 Å². The van der Waals surface area contributed by atoms with Crippen LogP contribution in [-0.4, -0.2) is 23.2 Å². The van der Waals surface area contributed by atoms with Crippen LogP contribution in [0.15, 0.2) is 46.4 Å². The topological polar surface area (TPSA) is 132 Å². The molecule has 10 nitrogen and oxygen atoms in total. The molecule has 0 saturated carbocycles. The van der Waals surface area contributed by atoms with Gasteiger partial charge in [0.05, 0.1) is 11.8 Å². The molecule has 2 aromatic rings. The zero-order chi connectivity index (χ0) is 18.7. The second kappa shape index (κ2) is 6.89. The lowest BCUT2D eigenvalue weighted by atomic mass is 10.2. The summed E-state index contributed by atoms with van der Waals surface area (Å²) in [5, 5.41) is 11.7. The van der Waals surface area contributed by atoms with Crippen LogP contribution < -0.4 is 10.4 Å². The summed E-state index contributed by atoms with van der Waals surface area (Å²) in [6.45, 7) is 0.417. The van der Waals surface area contributed by atoms with Crippen LogP contribution in [0.25, 0.3) is 6.08 Å². The van der Waals surface area contributed by atoms with Crippen molar-refractivity contribution in [1.82, 2.24) is 5.43 Å². The Balaban J connectivity index is 1.80. The number of nitrogens with one attached hydrogen (secondary N) is 1. The van der Waals surface area contributed by atoms with Gasteiger partial charge in [-0.15, -0.1) is 0 Å². The maximum Gasteiger partial charge on any atom is 0.433 e. The van der Waals surface area contributed by atoms with Crippen LogP contribution in [0.5, 0.6) is 0 Å². The van der Waals surface area contributed by atoms with Crippen LogP contribution in [0.1, 0.15) is 11.3 Å². The van der Waals surface area contributed by atoms with Crippen LogP contribution in [0.3, 0.4) is 0 Å². The zero-order valence-corrected chi connectivity index (χ0v) is 13.1. The molecular formula is C16H11N3O7. The Morgan fingerprint density at radius 3 is 2.54 bits per heavy atom. The average Bonchev–Trinajstić information content (AvgIpc) is 3.21. The monoisotopic (exact) mass is 357 g/mol. The SMILES string of the molecule is O=COCc1ccc(N2NC(=O)C(=Cc3ccc([N+](=O)[O-])o3)C2=O)cc1. The molecule has 0 aliphatic carbocycles. The zero-order valence-electron chi connectivity index (χ0n) is 13.1. The van der Waals surface area contributed by atoms with Crippen molar-refractivity contribution in [3.63, 3.8) is 0 Å². The third kappa shape index (κ3) is 3.29. The molecule has 0 atom stereocenters. The summed E-state index contributed by atoms with van der Waals surface area (Å²) in [4.78, 5) is 44.6. The van der Waals surface area contributed by atoms with Crippen LogP contribution in [0.4, 0.5) is 11.6 Å². The lowest BCUT2D eigenvalue weighted by molar-refractivity contribution is -0.402. The third-order valence-electron chi connectivity index (χ3n) is 3.48. The first kappa shape index (κ1) is 16.9. The highest BCUT2D eigenvalue weighted by atomic mass is 16.6. The Bertz CT molecular complexity index is 914. The van der Waals surface area contributed by atoms with Crippen molar-refractivity contribution in [2.75, 3.05) is 5.01 Å². The second-order valence-electron chi connectivity index (χ2n) is 5.15. The quantitative estimate of drug-likeness (QED) is 0.271. The Kier molecular flexibility index (Phi) is 4.48. The van der Waals surface area contributed by atoms with Gasteiger partial charge in [0.1, 0.15) is 22.9 Å². The number of carbonyl (C=O) groups is 3. The van der Waals surface area contributed by atoms with Crippen LogP contribution in [0.2, 0.25) is 0 Å². The number of benzene rings is 1. The minimum atomic E-state index is -0.721. The fraction of sp³-hybridized carbons (Fsp3) is 0.0625. The Labute approximate surface area is 145 Å². The molecule has 132 valence electrons. The molecule has 0 radical (unpaired) electrons. The van der Waals surface area contributed by atoms with Crippen molar-refractivity contribution in [3.05, 3.63) is 63.4 Å². The van der Waals surface area contributed by atoms with Gasteiger partial charge in [0.15, 0.2) is 0 Å². The van der Waals surface area contributed by atoms with E-state index in [1.165, 1.54) is 6.07 Å². The fourth-order valence-corrected chi connectivity index (χ4v) is 2.27. The van der Waals surface area contributed by atoms with Crippen molar-refractivity contribution in [1.29, 1.82) is 0 Å². The molecule has 1 fully saturated rings. The molecule has 0 unspecified atom stereocenters. The van der Waals surface area contributed by atoms with Crippen molar-refractivity contribution in [3.8, 4) is 0 Å². The van der Waals surface area contributed by atoms with Crippen molar-refractivity contribution in [2.24, 2.45) is 0 Å². The summed E-state index contributed by atoms with van der Waals surface area (Å²) in [5.74, 6) is -1.78. The lowest BCUT2D eigenvalue weighted by Crippen LogP contribution is -2.35. The number of amides is 2. The molecular weight excluding hydrogens is 346 g/mol. The molecule has 26 heavy (non-hydrogen) atoms. The van der Waals surface area contributed by atoms with Crippen molar-refractivity contribution in [2.45, 2.75) is 6.61 Å². The van der Waals surface area contributed by atoms with E-state index in [2.05, 4.69) is 10.2 Å². The van der Waals surface area contributed by atoms with Gasteiger partial charge in [-0.3, -0.25) is 29.9 Å². The van der Waals surface area contributed by atoms with E-state index < -0.39 is 22.6 Å². The summed E-state index contributed by atoms with van der Waals surface area (Å²) in [7, 11) is 0. The van der Waals surface area contributed by atoms with Gasteiger partial charge in [0.2, 0.25) is 0 Å². The van der Waals surface area contributed by atoms with E-state index in [-0.39, 0.29) is 17.9 Å². The Morgan fingerprint density at radius 1 is 1.19 bits per heavy atom. The average molecular weight is 357 g/mol. The second-order valence-corrected chi connectivity index (χ2v) is 5.15. The van der Waals surface area contributed by atoms with Gasteiger partial charge in [-0.05, 0) is 29.8 Å². The van der Waals surface area contributed by atoms with Crippen molar-refractivity contribution < 1.29 is 28.5 Å². The number of anilines is 1. The Hall–Kier alpha value is -3.95. The molecule has 0 spiro atoms. The number of hydrogen-bond donors (Lipinski definition) is 1. The molecule has 0 bridgehead atoms. The van der Waals surface area contributed by atoms with Gasteiger partial charge in [0, 0.05) is 0 Å². The molecule has 1 aromatic carbocycles. The summed E-state index contributed by atoms with van der Waals surface area (Å²) in [5.41, 5.74) is 3.28. The first-order valence-electron chi connectivity index (χ1n) is 7.25. The molecule has 1 aliphatic rings. The van der Waals surface area contributed by atoms with E-state index in [9.17, 15) is 24.5 Å². The number of nitro groups is 1. The van der Waals surface area contributed by atoms with Crippen LogP contribution in [0, 0.1) is 10.1 Å². The standard InChI is InChI=1S/C16H11N3O7/c20-9-25-8-10-1-3-11(4-2-10)18-16(22)13(15(21)17-18)7-12-5-6-14(26-12)19(23)24/h1-7,9H,8H2,(H,17,21). The smallest absolute Gasteiger partial charge is 0.433 e. The number of nitrogens with zero attached hydrogens (tertiary/aromatic N) is 2. The predicted molar refractivity (Wildman–Crippen MR) is 86.3 cm³/mol. The molecule has 1 saturated heterocycles. The summed E-state index contributed by atoms with van der Waals surface area (Å²) < 4.78 is 9.56. The van der Waals surface area contributed by atoms with Crippen LogP contribution in [-0.2, 0) is 25.7 Å². The van der Waals surface area contributed by atoms with E-state index in [1.807, 2.05) is 0 Å². The summed E-state index contributed by atoms with van der Waals surface area (Å²) in [6, 6.07) is 8.83. The van der Waals surface area contributed by atoms with Gasteiger partial charge in [0.25, 0.3) is 18.3 Å². The molecule has 2 heterocycles. The number of hydrogen-bond acceptors (Lipinski definition) is 7. The number of carbonyl (C=O) groups excluding carboxylic acids is 3. The van der Waals surface area contributed by atoms with Crippen LogP contribution >= 0.6 is 0 Å². The lowest BCUT2D eigenvalue weighted by Gasteiger charge is -2.14. The molecule has 1 N–H and O–H groups in total. The van der Waals surface area contributed by atoms with E-state index in [0.29, 0.717) is 17.7 Å². The number of ether oxygens (including phenoxy) is 1. The normalized spacial score (nSPS) is 15.2. The third-order valence-corrected chi connectivity index (χ3v) is 3.48. The first-order chi connectivity index (χ1) is 12.5. The minimum absolute atomic E-state index is 0.0124. The van der Waals surface area contributed by atoms with E-state index >= 15 is 0 Å². The van der Waals surface area contributed by atoms with Gasteiger partial charge in [-0.25, -0.2) is 5.01 Å². The molecule has 1 aliphatic heterocycles. The van der Waals surface area contributed by atoms with Gasteiger partial charge >= 0.3 is 5.88 Å². The van der Waals surface area contributed by atoms with Gasteiger partial charge in [-0.1, -0.05) is 12.1 Å². The van der Waals surface area contributed by atoms with Gasteiger partial charge < -0.3 is 9.15 Å². The molecule has 3 rings (SSSR count).